The number of amides is 1. The maximum atomic E-state index is 12.4. The fourth-order valence-electron chi connectivity index (χ4n) is 2.93. The summed E-state index contributed by atoms with van der Waals surface area (Å²) in [6.45, 7) is 5.51. The van der Waals surface area contributed by atoms with Crippen LogP contribution in [-0.4, -0.2) is 37.9 Å². The number of anilines is 1. The summed E-state index contributed by atoms with van der Waals surface area (Å²) in [7, 11) is 4.81. The summed E-state index contributed by atoms with van der Waals surface area (Å²) in [5.74, 6) is 0.494. The van der Waals surface area contributed by atoms with Gasteiger partial charge in [0, 0.05) is 26.8 Å². The molecule has 1 aliphatic rings. The fourth-order valence-corrected chi connectivity index (χ4v) is 2.93. The minimum Gasteiger partial charge on any atom is -0.443 e. The van der Waals surface area contributed by atoms with E-state index in [1.807, 2.05) is 32.9 Å². The highest BCUT2D eigenvalue weighted by molar-refractivity contribution is 5.86. The second-order valence-electron chi connectivity index (χ2n) is 7.42. The standard InChI is InChI=1S/C20H30N2O4/c1-20(2,3)26-19(23)22(4)16-13-12-15(14-10-8-7-9-11-14)17(21-16)18(24-5)25-6/h10,12-13,18H,7-9,11H2,1-6H3. The van der Waals surface area contributed by atoms with E-state index in [-0.39, 0.29) is 0 Å². The molecule has 1 aliphatic carbocycles. The number of pyridine rings is 1. The molecule has 0 aliphatic heterocycles. The van der Waals surface area contributed by atoms with Crippen LogP contribution in [0.2, 0.25) is 0 Å². The Kier molecular flexibility index (Phi) is 6.78. The molecule has 1 aromatic rings. The number of carbonyl (C=O) groups excluding carboxylic acids is 1. The van der Waals surface area contributed by atoms with Gasteiger partial charge in [0.15, 0.2) is 0 Å². The molecule has 0 saturated heterocycles. The summed E-state index contributed by atoms with van der Waals surface area (Å²) in [5, 5.41) is 0. The third-order valence-corrected chi connectivity index (χ3v) is 4.21. The Labute approximate surface area is 156 Å². The van der Waals surface area contributed by atoms with Gasteiger partial charge < -0.3 is 14.2 Å². The second-order valence-corrected chi connectivity index (χ2v) is 7.42. The van der Waals surface area contributed by atoms with Crippen molar-refractivity contribution in [1.82, 2.24) is 4.98 Å². The molecular weight excluding hydrogens is 332 g/mol. The first-order chi connectivity index (χ1) is 12.3. The van der Waals surface area contributed by atoms with E-state index in [0.717, 1.165) is 24.8 Å². The van der Waals surface area contributed by atoms with Gasteiger partial charge in [-0.05, 0) is 64.2 Å². The van der Waals surface area contributed by atoms with Crippen LogP contribution in [0.3, 0.4) is 0 Å². The maximum absolute atomic E-state index is 12.4. The highest BCUT2D eigenvalue weighted by Crippen LogP contribution is 2.33. The Hall–Kier alpha value is -1.92. The van der Waals surface area contributed by atoms with Crippen molar-refractivity contribution in [2.75, 3.05) is 26.2 Å². The summed E-state index contributed by atoms with van der Waals surface area (Å²) >= 11 is 0. The van der Waals surface area contributed by atoms with E-state index < -0.39 is 18.0 Å². The summed E-state index contributed by atoms with van der Waals surface area (Å²) in [5.41, 5.74) is 2.38. The molecule has 0 spiro atoms. The smallest absolute Gasteiger partial charge is 0.415 e. The van der Waals surface area contributed by atoms with Crippen molar-refractivity contribution >= 4 is 17.5 Å². The summed E-state index contributed by atoms with van der Waals surface area (Å²) in [4.78, 5) is 18.4. The van der Waals surface area contributed by atoms with E-state index >= 15 is 0 Å². The summed E-state index contributed by atoms with van der Waals surface area (Å²) in [6, 6.07) is 3.82. The molecule has 144 valence electrons. The van der Waals surface area contributed by atoms with Crippen LogP contribution < -0.4 is 4.90 Å². The van der Waals surface area contributed by atoms with Gasteiger partial charge in [0.25, 0.3) is 0 Å². The number of nitrogens with zero attached hydrogens (tertiary/aromatic N) is 2. The molecule has 6 heteroatoms. The van der Waals surface area contributed by atoms with Gasteiger partial charge in [-0.15, -0.1) is 0 Å². The Morgan fingerprint density at radius 1 is 1.19 bits per heavy atom. The molecule has 1 aromatic heterocycles. The predicted octanol–water partition coefficient (Wildman–Crippen LogP) is 4.70. The van der Waals surface area contributed by atoms with Crippen molar-refractivity contribution in [2.45, 2.75) is 58.3 Å². The maximum Gasteiger partial charge on any atom is 0.415 e. The first kappa shape index (κ1) is 20.4. The number of hydrogen-bond acceptors (Lipinski definition) is 5. The highest BCUT2D eigenvalue weighted by atomic mass is 16.7. The van der Waals surface area contributed by atoms with Gasteiger partial charge in [-0.2, -0.15) is 0 Å². The summed E-state index contributed by atoms with van der Waals surface area (Å²) in [6.07, 6.45) is 5.66. The molecule has 1 amide bonds. The molecule has 0 bridgehead atoms. The van der Waals surface area contributed by atoms with Gasteiger partial charge >= 0.3 is 6.09 Å². The van der Waals surface area contributed by atoms with Gasteiger partial charge in [-0.1, -0.05) is 6.08 Å². The highest BCUT2D eigenvalue weighted by Gasteiger charge is 2.25. The van der Waals surface area contributed by atoms with Gasteiger partial charge in [-0.25, -0.2) is 9.78 Å². The molecule has 0 unspecified atom stereocenters. The van der Waals surface area contributed by atoms with Gasteiger partial charge in [-0.3, -0.25) is 4.90 Å². The van der Waals surface area contributed by atoms with E-state index in [1.54, 1.807) is 21.3 Å². The van der Waals surface area contributed by atoms with Gasteiger partial charge in [0.1, 0.15) is 17.1 Å². The van der Waals surface area contributed by atoms with Crippen molar-refractivity contribution < 1.29 is 19.0 Å². The number of methoxy groups -OCH3 is 2. The summed E-state index contributed by atoms with van der Waals surface area (Å²) < 4.78 is 16.3. The molecule has 0 N–H and O–H groups in total. The van der Waals surface area contributed by atoms with Crippen LogP contribution in [-0.2, 0) is 14.2 Å². The molecule has 2 rings (SSSR count). The first-order valence-electron chi connectivity index (χ1n) is 8.99. The van der Waals surface area contributed by atoms with E-state index in [0.29, 0.717) is 11.5 Å². The number of hydrogen-bond donors (Lipinski definition) is 0. The van der Waals surface area contributed by atoms with Crippen LogP contribution in [0.5, 0.6) is 0 Å². The largest absolute Gasteiger partial charge is 0.443 e. The normalized spacial score (nSPS) is 15.0. The third kappa shape index (κ3) is 5.05. The Morgan fingerprint density at radius 3 is 2.42 bits per heavy atom. The van der Waals surface area contributed by atoms with Crippen LogP contribution in [0.25, 0.3) is 5.57 Å². The second kappa shape index (κ2) is 8.64. The Morgan fingerprint density at radius 2 is 1.88 bits per heavy atom. The van der Waals surface area contributed by atoms with Gasteiger partial charge in [0.05, 0.1) is 0 Å². The number of ether oxygens (including phenoxy) is 3. The van der Waals surface area contributed by atoms with Crippen molar-refractivity contribution in [1.29, 1.82) is 0 Å². The van der Waals surface area contributed by atoms with E-state index in [2.05, 4.69) is 11.1 Å². The fraction of sp³-hybridized carbons (Fsp3) is 0.600. The Balaban J connectivity index is 2.39. The van der Waals surface area contributed by atoms with Crippen LogP contribution in [0, 0.1) is 0 Å². The third-order valence-electron chi connectivity index (χ3n) is 4.21. The quantitative estimate of drug-likeness (QED) is 0.711. The zero-order chi connectivity index (χ0) is 19.3. The molecular formula is C20H30N2O4. The van der Waals surface area contributed by atoms with E-state index in [1.165, 1.54) is 16.9 Å². The zero-order valence-corrected chi connectivity index (χ0v) is 16.7. The lowest BCUT2D eigenvalue weighted by Gasteiger charge is -2.26. The lowest BCUT2D eigenvalue weighted by molar-refractivity contribution is -0.108. The van der Waals surface area contributed by atoms with Crippen LogP contribution in [0.4, 0.5) is 10.6 Å². The number of rotatable bonds is 5. The average Bonchev–Trinajstić information content (AvgIpc) is 2.61. The van der Waals surface area contributed by atoms with Gasteiger partial charge in [0.2, 0.25) is 6.29 Å². The van der Waals surface area contributed by atoms with Crippen molar-refractivity contribution in [3.8, 4) is 0 Å². The Bertz CT molecular complexity index is 660. The van der Waals surface area contributed by atoms with Crippen molar-refractivity contribution in [3.63, 3.8) is 0 Å². The topological polar surface area (TPSA) is 60.9 Å². The molecule has 0 saturated carbocycles. The van der Waals surface area contributed by atoms with Crippen molar-refractivity contribution in [2.24, 2.45) is 0 Å². The molecule has 0 fully saturated rings. The van der Waals surface area contributed by atoms with Crippen LogP contribution in [0.1, 0.15) is 64.0 Å². The molecule has 6 nitrogen and oxygen atoms in total. The molecule has 26 heavy (non-hydrogen) atoms. The lowest BCUT2D eigenvalue weighted by atomic mass is 9.92. The number of allylic oxidation sites excluding steroid dienone is 2. The van der Waals surface area contributed by atoms with E-state index in [4.69, 9.17) is 14.2 Å². The average molecular weight is 362 g/mol. The predicted molar refractivity (Wildman–Crippen MR) is 102 cm³/mol. The monoisotopic (exact) mass is 362 g/mol. The van der Waals surface area contributed by atoms with Crippen molar-refractivity contribution in [3.05, 3.63) is 29.5 Å². The SMILES string of the molecule is COC(OC)c1nc(N(C)C(=O)OC(C)(C)C)ccc1C1=CCCCC1. The van der Waals surface area contributed by atoms with E-state index in [9.17, 15) is 4.79 Å². The first-order valence-corrected chi connectivity index (χ1v) is 8.99. The molecule has 0 atom stereocenters. The minimum absolute atomic E-state index is 0.452. The minimum atomic E-state index is -0.597. The lowest BCUT2D eigenvalue weighted by Crippen LogP contribution is -2.34. The zero-order valence-electron chi connectivity index (χ0n) is 16.7. The molecule has 0 aromatic carbocycles. The number of aromatic nitrogens is 1. The number of carbonyl (C=O) groups is 1. The van der Waals surface area contributed by atoms with Crippen LogP contribution in [0.15, 0.2) is 18.2 Å². The molecule has 0 radical (unpaired) electrons. The van der Waals surface area contributed by atoms with Crippen LogP contribution >= 0.6 is 0 Å². The molecule has 1 heterocycles.